The molecule has 0 spiro atoms. The van der Waals surface area contributed by atoms with Crippen molar-refractivity contribution in [3.05, 3.63) is 30.0 Å². The van der Waals surface area contributed by atoms with E-state index in [1.54, 1.807) is 6.07 Å². The van der Waals surface area contributed by atoms with Crippen molar-refractivity contribution in [1.29, 1.82) is 0 Å². The fourth-order valence-electron chi connectivity index (χ4n) is 1.41. The molecule has 0 fully saturated rings. The molecule has 0 saturated carbocycles. The minimum absolute atomic E-state index is 0.0533. The highest BCUT2D eigenvalue weighted by Crippen LogP contribution is 2.15. The summed E-state index contributed by atoms with van der Waals surface area (Å²) in [7, 11) is 0. The number of hydrogen-bond acceptors (Lipinski definition) is 4. The van der Waals surface area contributed by atoms with Crippen LogP contribution in [0.4, 0.5) is 14.6 Å². The van der Waals surface area contributed by atoms with E-state index in [9.17, 15) is 13.6 Å². The summed E-state index contributed by atoms with van der Waals surface area (Å²) in [5.74, 6) is -0.803. The zero-order valence-corrected chi connectivity index (χ0v) is 9.10. The van der Waals surface area contributed by atoms with Crippen molar-refractivity contribution in [3.8, 4) is 0 Å². The first kappa shape index (κ1) is 12.2. The van der Waals surface area contributed by atoms with E-state index in [0.29, 0.717) is 11.0 Å². The van der Waals surface area contributed by atoms with Crippen LogP contribution in [0.1, 0.15) is 10.4 Å². The summed E-state index contributed by atoms with van der Waals surface area (Å²) in [6.45, 7) is -0.494. The topological polar surface area (TPSA) is 75.1 Å². The summed E-state index contributed by atoms with van der Waals surface area (Å²) >= 11 is 0. The first-order chi connectivity index (χ1) is 8.56. The second-order valence-electron chi connectivity index (χ2n) is 3.54. The molecule has 0 aromatic carbocycles. The lowest BCUT2D eigenvalue weighted by Gasteiger charge is -2.05. The highest BCUT2D eigenvalue weighted by molar-refractivity contribution is 5.91. The van der Waals surface area contributed by atoms with Gasteiger partial charge in [-0.05, 0) is 18.2 Å². The molecule has 2 N–H and O–H groups in total. The van der Waals surface area contributed by atoms with Gasteiger partial charge in [-0.25, -0.2) is 23.5 Å². The van der Waals surface area contributed by atoms with Crippen LogP contribution in [0.2, 0.25) is 0 Å². The van der Waals surface area contributed by atoms with Crippen molar-refractivity contribution >= 4 is 22.8 Å². The van der Waals surface area contributed by atoms with E-state index in [1.165, 1.54) is 18.3 Å². The lowest BCUT2D eigenvalue weighted by Crippen LogP contribution is -2.11. The van der Waals surface area contributed by atoms with Crippen molar-refractivity contribution in [2.45, 2.75) is 6.43 Å². The first-order valence-corrected chi connectivity index (χ1v) is 5.08. The number of nitrogens with one attached hydrogen (secondary N) is 1. The number of carboxylic acids is 1. The maximum absolute atomic E-state index is 12.0. The molecule has 0 radical (unpaired) electrons. The van der Waals surface area contributed by atoms with Gasteiger partial charge in [0, 0.05) is 11.6 Å². The van der Waals surface area contributed by atoms with Crippen molar-refractivity contribution in [3.63, 3.8) is 0 Å². The van der Waals surface area contributed by atoms with Gasteiger partial charge in [-0.15, -0.1) is 0 Å². The number of nitrogens with zero attached hydrogens (tertiary/aromatic N) is 2. The third-order valence-corrected chi connectivity index (χ3v) is 2.23. The standard InChI is InChI=1S/C11H9F2N3O2/c12-8(13)5-14-9-2-1-6-3-7(11(17)18)4-15-10(6)16-9/h1-4,8H,5H2,(H,17,18)(H,14,15,16). The second kappa shape index (κ2) is 4.91. The highest BCUT2D eigenvalue weighted by Gasteiger charge is 2.07. The van der Waals surface area contributed by atoms with Crippen molar-refractivity contribution in [2.75, 3.05) is 11.9 Å². The zero-order valence-electron chi connectivity index (χ0n) is 9.10. The Balaban J connectivity index is 2.29. The molecule has 2 aromatic heterocycles. The third-order valence-electron chi connectivity index (χ3n) is 2.23. The van der Waals surface area contributed by atoms with Crippen molar-refractivity contribution in [2.24, 2.45) is 0 Å². The maximum atomic E-state index is 12.0. The highest BCUT2D eigenvalue weighted by atomic mass is 19.3. The molecule has 0 aliphatic heterocycles. The first-order valence-electron chi connectivity index (χ1n) is 5.08. The Kier molecular flexibility index (Phi) is 3.31. The molecule has 18 heavy (non-hydrogen) atoms. The molecule has 0 atom stereocenters. The van der Waals surface area contributed by atoms with Gasteiger partial charge in [0.2, 0.25) is 0 Å². The lowest BCUT2D eigenvalue weighted by atomic mass is 10.2. The van der Waals surface area contributed by atoms with Crippen molar-refractivity contribution in [1.82, 2.24) is 9.97 Å². The number of fused-ring (bicyclic) bond motifs is 1. The van der Waals surface area contributed by atoms with E-state index in [4.69, 9.17) is 5.11 Å². The number of rotatable bonds is 4. The molecule has 0 aliphatic carbocycles. The molecular weight excluding hydrogens is 244 g/mol. The molecule has 7 heteroatoms. The van der Waals surface area contributed by atoms with Gasteiger partial charge in [0.15, 0.2) is 5.65 Å². The average Bonchev–Trinajstić information content (AvgIpc) is 2.35. The SMILES string of the molecule is O=C(O)c1cnc2nc(NCC(F)F)ccc2c1. The number of alkyl halides is 2. The van der Waals surface area contributed by atoms with E-state index >= 15 is 0 Å². The molecule has 2 aromatic rings. The number of aromatic carboxylic acids is 1. The maximum Gasteiger partial charge on any atom is 0.337 e. The molecule has 0 bridgehead atoms. The minimum Gasteiger partial charge on any atom is -0.478 e. The molecule has 94 valence electrons. The van der Waals surface area contributed by atoms with Gasteiger partial charge >= 0.3 is 5.97 Å². The molecule has 5 nitrogen and oxygen atoms in total. The second-order valence-corrected chi connectivity index (χ2v) is 3.54. The fourth-order valence-corrected chi connectivity index (χ4v) is 1.41. The Morgan fingerprint density at radius 1 is 1.44 bits per heavy atom. The van der Waals surface area contributed by atoms with Crippen LogP contribution < -0.4 is 5.32 Å². The van der Waals surface area contributed by atoms with Crippen LogP contribution in [0.15, 0.2) is 24.4 Å². The Morgan fingerprint density at radius 2 is 2.22 bits per heavy atom. The summed E-state index contributed by atoms with van der Waals surface area (Å²) in [5.41, 5.74) is 0.358. The quantitative estimate of drug-likeness (QED) is 0.871. The van der Waals surface area contributed by atoms with E-state index in [-0.39, 0.29) is 11.4 Å². The van der Waals surface area contributed by atoms with E-state index in [0.717, 1.165) is 0 Å². The number of pyridine rings is 2. The van der Waals surface area contributed by atoms with Crippen LogP contribution in [0.5, 0.6) is 0 Å². The minimum atomic E-state index is -2.47. The van der Waals surface area contributed by atoms with E-state index in [2.05, 4.69) is 15.3 Å². The van der Waals surface area contributed by atoms with Gasteiger partial charge in [0.25, 0.3) is 6.43 Å². The Labute approximate surface area is 100 Å². The van der Waals surface area contributed by atoms with E-state index in [1.807, 2.05) is 0 Å². The Bertz CT molecular complexity index is 590. The van der Waals surface area contributed by atoms with Crippen LogP contribution in [0.3, 0.4) is 0 Å². The molecule has 0 saturated heterocycles. The summed E-state index contributed by atoms with van der Waals surface area (Å²) in [5, 5.41) is 11.8. The summed E-state index contributed by atoms with van der Waals surface area (Å²) in [4.78, 5) is 18.6. The third kappa shape index (κ3) is 2.68. The fraction of sp³-hybridized carbons (Fsp3) is 0.182. The van der Waals surface area contributed by atoms with Gasteiger partial charge in [0.1, 0.15) is 5.82 Å². The molecule has 2 heterocycles. The predicted molar refractivity (Wildman–Crippen MR) is 61.0 cm³/mol. The number of hydrogen-bond donors (Lipinski definition) is 2. The van der Waals surface area contributed by atoms with Crippen LogP contribution in [-0.2, 0) is 0 Å². The van der Waals surface area contributed by atoms with Crippen LogP contribution in [0, 0.1) is 0 Å². The number of aromatic nitrogens is 2. The molecular formula is C11H9F2N3O2. The Morgan fingerprint density at radius 3 is 2.89 bits per heavy atom. The molecule has 0 unspecified atom stereocenters. The van der Waals surface area contributed by atoms with Crippen LogP contribution >= 0.6 is 0 Å². The zero-order chi connectivity index (χ0) is 13.1. The van der Waals surface area contributed by atoms with Gasteiger partial charge in [-0.2, -0.15) is 0 Å². The van der Waals surface area contributed by atoms with E-state index < -0.39 is 18.9 Å². The predicted octanol–water partition coefficient (Wildman–Crippen LogP) is 2.00. The number of carbonyl (C=O) groups is 1. The van der Waals surface area contributed by atoms with Crippen LogP contribution in [-0.4, -0.2) is 34.0 Å². The summed E-state index contributed by atoms with van der Waals surface area (Å²) in [6.07, 6.45) is -1.29. The van der Waals surface area contributed by atoms with Gasteiger partial charge < -0.3 is 10.4 Å². The molecule has 0 amide bonds. The monoisotopic (exact) mass is 253 g/mol. The summed E-state index contributed by atoms with van der Waals surface area (Å²) in [6, 6.07) is 4.50. The average molecular weight is 253 g/mol. The van der Waals surface area contributed by atoms with Gasteiger partial charge in [-0.1, -0.05) is 0 Å². The molecule has 2 rings (SSSR count). The van der Waals surface area contributed by atoms with Gasteiger partial charge in [0.05, 0.1) is 12.1 Å². The largest absolute Gasteiger partial charge is 0.478 e. The summed E-state index contributed by atoms with van der Waals surface area (Å²) < 4.78 is 24.0. The lowest BCUT2D eigenvalue weighted by molar-refractivity contribution is 0.0696. The van der Waals surface area contributed by atoms with Crippen molar-refractivity contribution < 1.29 is 18.7 Å². The normalized spacial score (nSPS) is 10.8. The van der Waals surface area contributed by atoms with Gasteiger partial charge in [-0.3, -0.25) is 0 Å². The number of halogens is 2. The van der Waals surface area contributed by atoms with Crippen LogP contribution in [0.25, 0.3) is 11.0 Å². The Hall–Kier alpha value is -2.31. The number of carboxylic acid groups (broad SMARTS) is 1. The molecule has 0 aliphatic rings. The number of anilines is 1. The smallest absolute Gasteiger partial charge is 0.337 e.